The second kappa shape index (κ2) is 6.62. The Labute approximate surface area is 152 Å². The van der Waals surface area contributed by atoms with Crippen molar-refractivity contribution in [1.82, 2.24) is 24.1 Å². The van der Waals surface area contributed by atoms with Gasteiger partial charge in [-0.25, -0.2) is 22.8 Å². The minimum Gasteiger partial charge on any atom is -0.324 e. The third-order valence-electron chi connectivity index (χ3n) is 5.36. The molecular formula is C17H23N5O3S. The van der Waals surface area contributed by atoms with Gasteiger partial charge < -0.3 is 4.57 Å². The number of hydrogen-bond donors (Lipinski definition) is 1. The Morgan fingerprint density at radius 2 is 1.96 bits per heavy atom. The van der Waals surface area contributed by atoms with Crippen LogP contribution in [-0.2, 0) is 29.9 Å². The molecule has 1 saturated carbocycles. The van der Waals surface area contributed by atoms with E-state index in [2.05, 4.69) is 14.8 Å². The molecule has 8 nitrogen and oxygen atoms in total. The Morgan fingerprint density at radius 3 is 2.65 bits per heavy atom. The summed E-state index contributed by atoms with van der Waals surface area (Å²) in [5.74, 6) is 0. The summed E-state index contributed by atoms with van der Waals surface area (Å²) in [7, 11) is -1.97. The number of nitrogens with one attached hydrogen (secondary N) is 1. The van der Waals surface area contributed by atoms with E-state index in [9.17, 15) is 13.2 Å². The van der Waals surface area contributed by atoms with Gasteiger partial charge in [0, 0.05) is 31.5 Å². The molecule has 0 bridgehead atoms. The van der Waals surface area contributed by atoms with Gasteiger partial charge in [-0.05, 0) is 50.5 Å². The van der Waals surface area contributed by atoms with Crippen molar-refractivity contribution in [2.75, 3.05) is 0 Å². The summed E-state index contributed by atoms with van der Waals surface area (Å²) in [5, 5.41) is 4.60. The van der Waals surface area contributed by atoms with Crippen molar-refractivity contribution in [2.24, 2.45) is 7.05 Å². The average Bonchev–Trinajstić information content (AvgIpc) is 3.23. The van der Waals surface area contributed by atoms with Crippen molar-refractivity contribution in [3.05, 3.63) is 40.1 Å². The highest BCUT2D eigenvalue weighted by molar-refractivity contribution is 7.89. The quantitative estimate of drug-likeness (QED) is 0.854. The lowest BCUT2D eigenvalue weighted by molar-refractivity contribution is 0.283. The minimum atomic E-state index is -3.63. The Bertz CT molecular complexity index is 971. The van der Waals surface area contributed by atoms with Gasteiger partial charge in [0.25, 0.3) is 15.6 Å². The second-order valence-electron chi connectivity index (χ2n) is 7.20. The van der Waals surface area contributed by atoms with Crippen molar-refractivity contribution in [1.29, 1.82) is 0 Å². The molecule has 2 aromatic heterocycles. The van der Waals surface area contributed by atoms with Gasteiger partial charge in [0.1, 0.15) is 0 Å². The smallest absolute Gasteiger partial charge is 0.274 e. The van der Waals surface area contributed by atoms with Crippen molar-refractivity contribution >= 4 is 10.0 Å². The molecule has 0 spiro atoms. The van der Waals surface area contributed by atoms with Gasteiger partial charge in [-0.3, -0.25) is 4.79 Å². The highest BCUT2D eigenvalue weighted by Crippen LogP contribution is 2.28. The zero-order chi connectivity index (χ0) is 18.3. The van der Waals surface area contributed by atoms with E-state index in [0.29, 0.717) is 12.8 Å². The fourth-order valence-electron chi connectivity index (χ4n) is 4.00. The molecule has 0 saturated heterocycles. The van der Waals surface area contributed by atoms with E-state index < -0.39 is 10.0 Å². The molecule has 9 heteroatoms. The molecule has 1 N–H and O–H groups in total. The first kappa shape index (κ1) is 17.4. The van der Waals surface area contributed by atoms with Crippen LogP contribution in [0, 0.1) is 0 Å². The molecule has 4 rings (SSSR count). The SMILES string of the molecule is Cn1ccnc1S(=O)(=O)NC1CCC(n2nc3c(cc2=O)CCC3)CC1. The maximum Gasteiger partial charge on any atom is 0.274 e. The Balaban J connectivity index is 1.44. The molecule has 0 aromatic carbocycles. The Morgan fingerprint density at radius 1 is 1.19 bits per heavy atom. The molecule has 1 fully saturated rings. The van der Waals surface area contributed by atoms with E-state index in [1.807, 2.05) is 0 Å². The van der Waals surface area contributed by atoms with E-state index in [1.165, 1.54) is 10.8 Å². The summed E-state index contributed by atoms with van der Waals surface area (Å²) in [6.07, 6.45) is 8.86. The maximum absolute atomic E-state index is 12.5. The summed E-state index contributed by atoms with van der Waals surface area (Å²) in [4.78, 5) is 16.3. The highest BCUT2D eigenvalue weighted by Gasteiger charge is 2.29. The summed E-state index contributed by atoms with van der Waals surface area (Å²) in [6, 6.07) is 1.63. The first-order chi connectivity index (χ1) is 12.4. The Kier molecular flexibility index (Phi) is 4.44. The van der Waals surface area contributed by atoms with Crippen LogP contribution in [-0.4, -0.2) is 33.8 Å². The van der Waals surface area contributed by atoms with Crippen molar-refractivity contribution < 1.29 is 8.42 Å². The first-order valence-corrected chi connectivity index (χ1v) is 10.5. The van der Waals surface area contributed by atoms with Gasteiger partial charge >= 0.3 is 0 Å². The highest BCUT2D eigenvalue weighted by atomic mass is 32.2. The van der Waals surface area contributed by atoms with E-state index >= 15 is 0 Å². The number of fused-ring (bicyclic) bond motifs is 1. The molecule has 2 heterocycles. The van der Waals surface area contributed by atoms with Gasteiger partial charge in [-0.1, -0.05) is 0 Å². The number of sulfonamides is 1. The number of aryl methyl sites for hydroxylation is 3. The number of imidazole rings is 1. The fraction of sp³-hybridized carbons (Fsp3) is 0.588. The summed E-state index contributed by atoms with van der Waals surface area (Å²) in [5.41, 5.74) is 2.09. The predicted molar refractivity (Wildman–Crippen MR) is 95.3 cm³/mol. The van der Waals surface area contributed by atoms with Crippen LogP contribution < -0.4 is 10.3 Å². The molecule has 2 aromatic rings. The molecule has 0 atom stereocenters. The molecule has 0 aliphatic heterocycles. The van der Waals surface area contributed by atoms with Crippen molar-refractivity contribution in [3.63, 3.8) is 0 Å². The minimum absolute atomic E-state index is 0.0242. The molecule has 140 valence electrons. The lowest BCUT2D eigenvalue weighted by Crippen LogP contribution is -2.40. The van der Waals surface area contributed by atoms with E-state index in [1.54, 1.807) is 24.0 Å². The number of nitrogens with zero attached hydrogens (tertiary/aromatic N) is 4. The van der Waals surface area contributed by atoms with Crippen LogP contribution in [0.5, 0.6) is 0 Å². The van der Waals surface area contributed by atoms with Crippen LogP contribution in [0.3, 0.4) is 0 Å². The molecular weight excluding hydrogens is 354 g/mol. The summed E-state index contributed by atoms with van der Waals surface area (Å²) < 4.78 is 30.8. The molecule has 2 aliphatic carbocycles. The first-order valence-electron chi connectivity index (χ1n) is 9.05. The lowest BCUT2D eigenvalue weighted by atomic mass is 9.92. The van der Waals surface area contributed by atoms with Gasteiger partial charge in [0.05, 0.1) is 11.7 Å². The monoisotopic (exact) mass is 377 g/mol. The third kappa shape index (κ3) is 3.21. The topological polar surface area (TPSA) is 98.9 Å². The third-order valence-corrected chi connectivity index (χ3v) is 6.88. The van der Waals surface area contributed by atoms with Gasteiger partial charge in [-0.2, -0.15) is 5.10 Å². The summed E-state index contributed by atoms with van der Waals surface area (Å²) in [6.45, 7) is 0. The van der Waals surface area contributed by atoms with Crippen LogP contribution >= 0.6 is 0 Å². The molecule has 0 amide bonds. The molecule has 0 radical (unpaired) electrons. The summed E-state index contributed by atoms with van der Waals surface area (Å²) >= 11 is 0. The molecule has 0 unspecified atom stereocenters. The van der Waals surface area contributed by atoms with Crippen LogP contribution in [0.2, 0.25) is 0 Å². The van der Waals surface area contributed by atoms with E-state index in [0.717, 1.165) is 43.4 Å². The molecule has 26 heavy (non-hydrogen) atoms. The number of hydrogen-bond acceptors (Lipinski definition) is 5. The lowest BCUT2D eigenvalue weighted by Gasteiger charge is -2.29. The number of rotatable bonds is 4. The fourth-order valence-corrected chi connectivity index (χ4v) is 5.42. The van der Waals surface area contributed by atoms with Crippen molar-refractivity contribution in [3.8, 4) is 0 Å². The number of aromatic nitrogens is 4. The van der Waals surface area contributed by atoms with Crippen LogP contribution in [0.25, 0.3) is 0 Å². The molecule has 2 aliphatic rings. The van der Waals surface area contributed by atoms with Gasteiger partial charge in [-0.15, -0.1) is 0 Å². The van der Waals surface area contributed by atoms with Crippen LogP contribution in [0.15, 0.2) is 28.4 Å². The van der Waals surface area contributed by atoms with E-state index in [-0.39, 0.29) is 22.8 Å². The Hall–Kier alpha value is -2.00. The maximum atomic E-state index is 12.5. The second-order valence-corrected chi connectivity index (χ2v) is 8.81. The normalized spacial score (nSPS) is 23.1. The van der Waals surface area contributed by atoms with Crippen molar-refractivity contribution in [2.45, 2.75) is 62.2 Å². The zero-order valence-electron chi connectivity index (χ0n) is 14.8. The van der Waals surface area contributed by atoms with Crippen LogP contribution in [0.4, 0.5) is 0 Å². The van der Waals surface area contributed by atoms with Gasteiger partial charge in [0.15, 0.2) is 0 Å². The largest absolute Gasteiger partial charge is 0.324 e. The van der Waals surface area contributed by atoms with E-state index in [4.69, 9.17) is 0 Å². The van der Waals surface area contributed by atoms with Crippen LogP contribution in [0.1, 0.15) is 49.4 Å². The standard InChI is InChI=1S/C17H23N5O3S/c1-21-10-9-18-17(21)26(24,25)20-13-5-7-14(8-6-13)22-16(23)11-12-3-2-4-15(12)19-22/h9-11,13-14,20H,2-8H2,1H3. The zero-order valence-corrected chi connectivity index (χ0v) is 15.6. The average molecular weight is 377 g/mol. The van der Waals surface area contributed by atoms with Gasteiger partial charge in [0.2, 0.25) is 5.16 Å². The predicted octanol–water partition coefficient (Wildman–Crippen LogP) is 0.928.